The van der Waals surface area contributed by atoms with E-state index in [1.54, 1.807) is 0 Å². The predicted molar refractivity (Wildman–Crippen MR) is 96.7 cm³/mol. The standard InChI is InChI=1S/C19H26N4O2/c1-4-5-14-6-8-16(9-7-14)23-12-15(11-18(23)24)19-21-17(22-25-19)10-13(2)20-3/h6-9,13,15,20H,4-5,10-12H2,1-3H3. The largest absolute Gasteiger partial charge is 0.339 e. The van der Waals surface area contributed by atoms with Crippen LogP contribution in [0.15, 0.2) is 28.8 Å². The average molecular weight is 342 g/mol. The molecular formula is C19H26N4O2. The number of amides is 1. The topological polar surface area (TPSA) is 71.3 Å². The van der Waals surface area contributed by atoms with Crippen LogP contribution in [0.4, 0.5) is 5.69 Å². The van der Waals surface area contributed by atoms with Crippen LogP contribution in [-0.2, 0) is 17.6 Å². The molecule has 1 aromatic heterocycles. The molecule has 6 heteroatoms. The summed E-state index contributed by atoms with van der Waals surface area (Å²) in [5, 5.41) is 7.20. The molecule has 2 unspecified atom stereocenters. The molecule has 1 aliphatic heterocycles. The number of carbonyl (C=O) groups is 1. The quantitative estimate of drug-likeness (QED) is 0.838. The summed E-state index contributed by atoms with van der Waals surface area (Å²) in [4.78, 5) is 18.7. The van der Waals surface area contributed by atoms with Crippen LogP contribution in [0.25, 0.3) is 0 Å². The highest BCUT2D eigenvalue weighted by Gasteiger charge is 2.35. The Morgan fingerprint density at radius 1 is 1.36 bits per heavy atom. The van der Waals surface area contributed by atoms with Crippen molar-refractivity contribution in [3.8, 4) is 0 Å². The fourth-order valence-corrected chi connectivity index (χ4v) is 3.15. The third-order valence-electron chi connectivity index (χ3n) is 4.73. The Bertz CT molecular complexity index is 710. The fraction of sp³-hybridized carbons (Fsp3) is 0.526. The zero-order valence-corrected chi connectivity index (χ0v) is 15.2. The molecule has 1 aliphatic rings. The highest BCUT2D eigenvalue weighted by molar-refractivity contribution is 5.96. The van der Waals surface area contributed by atoms with Gasteiger partial charge in [-0.2, -0.15) is 4.98 Å². The number of aromatic nitrogens is 2. The first-order valence-electron chi connectivity index (χ1n) is 8.99. The molecule has 1 saturated heterocycles. The summed E-state index contributed by atoms with van der Waals surface area (Å²) in [6.45, 7) is 4.83. The Kier molecular flexibility index (Phi) is 5.48. The van der Waals surface area contributed by atoms with Crippen molar-refractivity contribution in [1.29, 1.82) is 0 Å². The minimum Gasteiger partial charge on any atom is -0.339 e. The van der Waals surface area contributed by atoms with Crippen LogP contribution in [0.5, 0.6) is 0 Å². The molecule has 0 aliphatic carbocycles. The Hall–Kier alpha value is -2.21. The summed E-state index contributed by atoms with van der Waals surface area (Å²) in [7, 11) is 1.91. The predicted octanol–water partition coefficient (Wildman–Crippen LogP) is 2.69. The van der Waals surface area contributed by atoms with Crippen molar-refractivity contribution < 1.29 is 9.32 Å². The second kappa shape index (κ2) is 7.78. The zero-order valence-electron chi connectivity index (χ0n) is 15.2. The first-order chi connectivity index (χ1) is 12.1. The van der Waals surface area contributed by atoms with Crippen LogP contribution in [0, 0.1) is 0 Å². The lowest BCUT2D eigenvalue weighted by Crippen LogP contribution is -2.24. The number of rotatable bonds is 7. The molecule has 0 saturated carbocycles. The Balaban J connectivity index is 1.68. The van der Waals surface area contributed by atoms with E-state index in [1.807, 2.05) is 24.1 Å². The number of nitrogens with zero attached hydrogens (tertiary/aromatic N) is 3. The van der Waals surface area contributed by atoms with Gasteiger partial charge in [0.2, 0.25) is 11.8 Å². The SMILES string of the molecule is CCCc1ccc(N2CC(c3nc(CC(C)NC)no3)CC2=O)cc1. The molecule has 1 N–H and O–H groups in total. The molecule has 1 amide bonds. The Morgan fingerprint density at radius 3 is 2.80 bits per heavy atom. The molecule has 1 aromatic carbocycles. The van der Waals surface area contributed by atoms with Crippen molar-refractivity contribution in [2.45, 2.75) is 51.5 Å². The molecular weight excluding hydrogens is 316 g/mol. The molecule has 25 heavy (non-hydrogen) atoms. The first kappa shape index (κ1) is 17.6. The van der Waals surface area contributed by atoms with E-state index in [0.717, 1.165) is 18.5 Å². The number of hydrogen-bond acceptors (Lipinski definition) is 5. The smallest absolute Gasteiger partial charge is 0.232 e. The molecule has 0 spiro atoms. The maximum Gasteiger partial charge on any atom is 0.232 e. The Morgan fingerprint density at radius 2 is 2.12 bits per heavy atom. The number of hydrogen-bond donors (Lipinski definition) is 1. The van der Waals surface area contributed by atoms with E-state index in [-0.39, 0.29) is 17.9 Å². The zero-order chi connectivity index (χ0) is 17.8. The molecule has 134 valence electrons. The van der Waals surface area contributed by atoms with Crippen LogP contribution in [0.1, 0.15) is 49.9 Å². The number of benzene rings is 1. The molecule has 2 atom stereocenters. The normalized spacial score (nSPS) is 18.8. The molecule has 2 heterocycles. The van der Waals surface area contributed by atoms with Crippen molar-refractivity contribution in [1.82, 2.24) is 15.5 Å². The summed E-state index contributed by atoms with van der Waals surface area (Å²) >= 11 is 0. The van der Waals surface area contributed by atoms with Gasteiger partial charge in [0.05, 0.1) is 5.92 Å². The lowest BCUT2D eigenvalue weighted by molar-refractivity contribution is -0.117. The van der Waals surface area contributed by atoms with Crippen molar-refractivity contribution >= 4 is 11.6 Å². The van der Waals surface area contributed by atoms with Crippen molar-refractivity contribution in [3.63, 3.8) is 0 Å². The van der Waals surface area contributed by atoms with Crippen LogP contribution in [-0.4, -0.2) is 35.7 Å². The van der Waals surface area contributed by atoms with Gasteiger partial charge in [0.1, 0.15) is 0 Å². The van der Waals surface area contributed by atoms with Gasteiger partial charge in [-0.3, -0.25) is 4.79 Å². The van der Waals surface area contributed by atoms with Gasteiger partial charge in [0, 0.05) is 31.1 Å². The van der Waals surface area contributed by atoms with Crippen LogP contribution in [0.3, 0.4) is 0 Å². The molecule has 6 nitrogen and oxygen atoms in total. The highest BCUT2D eigenvalue weighted by atomic mass is 16.5. The van der Waals surface area contributed by atoms with E-state index >= 15 is 0 Å². The second-order valence-electron chi connectivity index (χ2n) is 6.76. The summed E-state index contributed by atoms with van der Waals surface area (Å²) in [5.41, 5.74) is 2.24. The van der Waals surface area contributed by atoms with E-state index in [2.05, 4.69) is 41.4 Å². The van der Waals surface area contributed by atoms with Gasteiger partial charge in [-0.15, -0.1) is 0 Å². The lowest BCUT2D eigenvalue weighted by Gasteiger charge is -2.16. The van der Waals surface area contributed by atoms with Gasteiger partial charge in [0.25, 0.3) is 0 Å². The monoisotopic (exact) mass is 342 g/mol. The van der Waals surface area contributed by atoms with Crippen LogP contribution >= 0.6 is 0 Å². The molecule has 2 aromatic rings. The number of nitrogens with one attached hydrogen (secondary N) is 1. The molecule has 3 rings (SSSR count). The summed E-state index contributed by atoms with van der Waals surface area (Å²) in [6.07, 6.45) is 3.31. The van der Waals surface area contributed by atoms with Crippen LogP contribution < -0.4 is 10.2 Å². The first-order valence-corrected chi connectivity index (χ1v) is 8.99. The number of anilines is 1. The van der Waals surface area contributed by atoms with Crippen molar-refractivity contribution in [3.05, 3.63) is 41.5 Å². The van der Waals surface area contributed by atoms with Gasteiger partial charge in [-0.1, -0.05) is 30.6 Å². The van der Waals surface area contributed by atoms with Crippen LogP contribution in [0.2, 0.25) is 0 Å². The second-order valence-corrected chi connectivity index (χ2v) is 6.76. The van der Waals surface area contributed by atoms with E-state index in [1.165, 1.54) is 5.56 Å². The van der Waals surface area contributed by atoms with Crippen molar-refractivity contribution in [2.75, 3.05) is 18.5 Å². The summed E-state index contributed by atoms with van der Waals surface area (Å²) in [6, 6.07) is 8.54. The number of carbonyl (C=O) groups excluding carboxylic acids is 1. The number of likely N-dealkylation sites (N-methyl/N-ethyl adjacent to an activating group) is 1. The summed E-state index contributed by atoms with van der Waals surface area (Å²) in [5.74, 6) is 1.33. The van der Waals surface area contributed by atoms with Crippen molar-refractivity contribution in [2.24, 2.45) is 0 Å². The van der Waals surface area contributed by atoms with E-state index in [4.69, 9.17) is 4.52 Å². The Labute approximate surface area is 148 Å². The van der Waals surface area contributed by atoms with Gasteiger partial charge < -0.3 is 14.7 Å². The average Bonchev–Trinajstić information content (AvgIpc) is 3.22. The number of aryl methyl sites for hydroxylation is 1. The minimum absolute atomic E-state index is 0.0334. The lowest BCUT2D eigenvalue weighted by atomic mass is 10.1. The molecule has 1 fully saturated rings. The van der Waals surface area contributed by atoms with E-state index in [0.29, 0.717) is 31.1 Å². The molecule has 0 radical (unpaired) electrons. The van der Waals surface area contributed by atoms with E-state index in [9.17, 15) is 4.79 Å². The molecule has 0 bridgehead atoms. The third-order valence-corrected chi connectivity index (χ3v) is 4.73. The fourth-order valence-electron chi connectivity index (χ4n) is 3.15. The summed E-state index contributed by atoms with van der Waals surface area (Å²) < 4.78 is 5.41. The third kappa shape index (κ3) is 4.07. The van der Waals surface area contributed by atoms with E-state index < -0.39 is 0 Å². The minimum atomic E-state index is -0.0334. The van der Waals surface area contributed by atoms with Gasteiger partial charge in [-0.05, 0) is 38.1 Å². The highest BCUT2D eigenvalue weighted by Crippen LogP contribution is 2.31. The van der Waals surface area contributed by atoms with Gasteiger partial charge in [-0.25, -0.2) is 0 Å². The maximum absolute atomic E-state index is 12.4. The maximum atomic E-state index is 12.4. The van der Waals surface area contributed by atoms with Gasteiger partial charge in [0.15, 0.2) is 5.82 Å². The van der Waals surface area contributed by atoms with Gasteiger partial charge >= 0.3 is 0 Å².